The topological polar surface area (TPSA) is 76.6 Å². The van der Waals surface area contributed by atoms with Gasteiger partial charge >= 0.3 is 0 Å². The van der Waals surface area contributed by atoms with Gasteiger partial charge in [0.15, 0.2) is 0 Å². The molecular weight excluding hydrogens is 357 g/mol. The zero-order valence-electron chi connectivity index (χ0n) is 13.6. The van der Waals surface area contributed by atoms with E-state index in [0.717, 1.165) is 16.5 Å². The predicted octanol–water partition coefficient (Wildman–Crippen LogP) is 3.61. The Kier molecular flexibility index (Phi) is 4.22. The fourth-order valence-electron chi connectivity index (χ4n) is 2.75. The maximum atomic E-state index is 14.3. The molecule has 4 heterocycles. The van der Waals surface area contributed by atoms with Gasteiger partial charge in [0, 0.05) is 35.5 Å². The number of hydrogen-bond acceptors (Lipinski definition) is 5. The van der Waals surface area contributed by atoms with Crippen molar-refractivity contribution >= 4 is 22.6 Å². The third-order valence-corrected chi connectivity index (χ3v) is 4.21. The quantitative estimate of drug-likeness (QED) is 0.557. The molecule has 4 aromatic rings. The third-order valence-electron chi connectivity index (χ3n) is 3.99. The van der Waals surface area contributed by atoms with Gasteiger partial charge in [-0.1, -0.05) is 11.6 Å². The van der Waals surface area contributed by atoms with Gasteiger partial charge in [0.2, 0.25) is 11.8 Å². The number of H-pyrrole nitrogens is 1. The van der Waals surface area contributed by atoms with Gasteiger partial charge in [-0.05, 0) is 23.8 Å². The molecule has 8 heteroatoms. The van der Waals surface area contributed by atoms with E-state index in [1.165, 1.54) is 13.4 Å². The molecule has 0 amide bonds. The first-order valence-electron chi connectivity index (χ1n) is 7.69. The lowest BCUT2D eigenvalue weighted by molar-refractivity contribution is 0.402. The van der Waals surface area contributed by atoms with E-state index in [4.69, 9.17) is 16.3 Å². The number of halogens is 2. The van der Waals surface area contributed by atoms with Crippen LogP contribution in [0.1, 0.15) is 11.1 Å². The number of aromatic amines is 1. The summed E-state index contributed by atoms with van der Waals surface area (Å²) >= 11 is 5.81. The molecule has 6 nitrogen and oxygen atoms in total. The summed E-state index contributed by atoms with van der Waals surface area (Å²) in [4.78, 5) is 19.1. The fourth-order valence-corrected chi connectivity index (χ4v) is 2.86. The second-order valence-corrected chi connectivity index (χ2v) is 5.95. The number of hydrogen-bond donors (Lipinski definition) is 1. The molecule has 0 fully saturated rings. The van der Waals surface area contributed by atoms with Crippen LogP contribution in [0, 0.1) is 12.1 Å². The van der Waals surface area contributed by atoms with Gasteiger partial charge in [0.25, 0.3) is 0 Å². The van der Waals surface area contributed by atoms with Crippen molar-refractivity contribution in [1.29, 1.82) is 0 Å². The van der Waals surface area contributed by atoms with E-state index in [1.54, 1.807) is 30.6 Å². The Bertz CT molecular complexity index is 1080. The largest absolute Gasteiger partial charge is 0.480 e. The van der Waals surface area contributed by atoms with Crippen molar-refractivity contribution in [2.45, 2.75) is 6.42 Å². The first-order valence-corrected chi connectivity index (χ1v) is 8.07. The Morgan fingerprint density at radius 3 is 2.88 bits per heavy atom. The van der Waals surface area contributed by atoms with Gasteiger partial charge in [0.05, 0.1) is 12.5 Å². The summed E-state index contributed by atoms with van der Waals surface area (Å²) in [5.41, 5.74) is 3.24. The lowest BCUT2D eigenvalue weighted by atomic mass is 10.0. The highest BCUT2D eigenvalue weighted by Crippen LogP contribution is 2.28. The molecule has 0 aliphatic rings. The highest BCUT2D eigenvalue weighted by atomic mass is 35.5. The van der Waals surface area contributed by atoms with E-state index in [2.05, 4.69) is 31.1 Å². The highest BCUT2D eigenvalue weighted by Gasteiger charge is 2.15. The van der Waals surface area contributed by atoms with E-state index < -0.39 is 5.95 Å². The maximum absolute atomic E-state index is 14.3. The molecule has 4 rings (SSSR count). The van der Waals surface area contributed by atoms with Crippen LogP contribution in [0.2, 0.25) is 5.15 Å². The zero-order valence-corrected chi connectivity index (χ0v) is 14.4. The molecule has 1 radical (unpaired) electrons. The summed E-state index contributed by atoms with van der Waals surface area (Å²) in [7, 11) is 1.53. The lowest BCUT2D eigenvalue weighted by Crippen LogP contribution is -1.98. The van der Waals surface area contributed by atoms with Crippen LogP contribution in [0.5, 0.6) is 5.88 Å². The molecule has 0 unspecified atom stereocenters. The first-order chi connectivity index (χ1) is 12.7. The number of nitrogens with zero attached hydrogens (tertiary/aromatic N) is 4. The van der Waals surface area contributed by atoms with Crippen molar-refractivity contribution in [3.8, 4) is 17.0 Å². The SMILES string of the molecule is COc1ncnc2[nH]cc(Cc3cc(-c4ccc(Cl)nc4)[c]nc3F)c12. The minimum atomic E-state index is -0.583. The van der Waals surface area contributed by atoms with Gasteiger partial charge in [0.1, 0.15) is 23.3 Å². The number of pyridine rings is 2. The van der Waals surface area contributed by atoms with E-state index in [0.29, 0.717) is 34.2 Å². The summed E-state index contributed by atoms with van der Waals surface area (Å²) < 4.78 is 19.6. The van der Waals surface area contributed by atoms with Crippen LogP contribution >= 0.6 is 11.6 Å². The van der Waals surface area contributed by atoms with Crippen LogP contribution in [0.3, 0.4) is 0 Å². The Morgan fingerprint density at radius 2 is 2.12 bits per heavy atom. The minimum absolute atomic E-state index is 0.297. The Balaban J connectivity index is 1.75. The van der Waals surface area contributed by atoms with Crippen molar-refractivity contribution in [3.05, 3.63) is 65.3 Å². The molecule has 0 aliphatic heterocycles. The van der Waals surface area contributed by atoms with Crippen LogP contribution in [0.15, 0.2) is 36.9 Å². The number of fused-ring (bicyclic) bond motifs is 1. The average molecular weight is 369 g/mol. The van der Waals surface area contributed by atoms with Crippen molar-refractivity contribution in [2.75, 3.05) is 7.11 Å². The van der Waals surface area contributed by atoms with Gasteiger partial charge in [-0.15, -0.1) is 0 Å². The maximum Gasteiger partial charge on any atom is 0.226 e. The van der Waals surface area contributed by atoms with Crippen LogP contribution < -0.4 is 4.74 Å². The summed E-state index contributed by atoms with van der Waals surface area (Å²) in [6, 6.07) is 5.14. The monoisotopic (exact) mass is 368 g/mol. The Morgan fingerprint density at radius 1 is 1.23 bits per heavy atom. The molecule has 0 atom stereocenters. The minimum Gasteiger partial charge on any atom is -0.480 e. The molecule has 4 aromatic heterocycles. The summed E-state index contributed by atoms with van der Waals surface area (Å²) in [6.07, 6.45) is 7.76. The van der Waals surface area contributed by atoms with Crippen LogP contribution in [0.4, 0.5) is 4.39 Å². The standard InChI is InChI=1S/C18H12ClFN5O/c1-26-18-15-13(8-23-17(15)24-9-25-18)5-11-4-12(7-22-16(11)20)10-2-3-14(19)21-6-10/h2-4,6,8-9H,5H2,1H3,(H,23,24,25). The normalized spacial score (nSPS) is 11.0. The van der Waals surface area contributed by atoms with E-state index in [9.17, 15) is 4.39 Å². The van der Waals surface area contributed by atoms with Gasteiger partial charge in [-0.3, -0.25) is 0 Å². The van der Waals surface area contributed by atoms with E-state index in [1.807, 2.05) is 0 Å². The molecule has 0 aromatic carbocycles. The molecule has 0 saturated carbocycles. The lowest BCUT2D eigenvalue weighted by Gasteiger charge is -2.07. The molecule has 26 heavy (non-hydrogen) atoms. The number of nitrogens with one attached hydrogen (secondary N) is 1. The Hall–Kier alpha value is -3.06. The van der Waals surface area contributed by atoms with Gasteiger partial charge in [-0.25, -0.2) is 19.9 Å². The van der Waals surface area contributed by atoms with Crippen LogP contribution in [0.25, 0.3) is 22.2 Å². The van der Waals surface area contributed by atoms with Crippen LogP contribution in [-0.2, 0) is 6.42 Å². The summed E-state index contributed by atoms with van der Waals surface area (Å²) in [6.45, 7) is 0. The second-order valence-electron chi connectivity index (χ2n) is 5.56. The molecule has 0 spiro atoms. The first kappa shape index (κ1) is 16.4. The Labute approximate surface area is 153 Å². The number of rotatable bonds is 4. The number of aromatic nitrogens is 5. The van der Waals surface area contributed by atoms with Crippen molar-refractivity contribution < 1.29 is 9.13 Å². The van der Waals surface area contributed by atoms with Crippen LogP contribution in [-0.4, -0.2) is 32.0 Å². The highest BCUT2D eigenvalue weighted by molar-refractivity contribution is 6.29. The average Bonchev–Trinajstić information content (AvgIpc) is 3.07. The van der Waals surface area contributed by atoms with Gasteiger partial charge < -0.3 is 9.72 Å². The third kappa shape index (κ3) is 2.97. The van der Waals surface area contributed by atoms with E-state index in [-0.39, 0.29) is 0 Å². The predicted molar refractivity (Wildman–Crippen MR) is 94.5 cm³/mol. The van der Waals surface area contributed by atoms with Crippen molar-refractivity contribution in [2.24, 2.45) is 0 Å². The molecule has 0 saturated heterocycles. The molecule has 0 bridgehead atoms. The smallest absolute Gasteiger partial charge is 0.226 e. The van der Waals surface area contributed by atoms with E-state index >= 15 is 0 Å². The second kappa shape index (κ2) is 6.68. The van der Waals surface area contributed by atoms with Gasteiger partial charge in [-0.2, -0.15) is 4.39 Å². The number of ether oxygens (including phenoxy) is 1. The number of methoxy groups -OCH3 is 1. The van der Waals surface area contributed by atoms with Crippen molar-refractivity contribution in [3.63, 3.8) is 0 Å². The molecule has 129 valence electrons. The molecular formula is C18H12ClFN5O. The molecule has 0 aliphatic carbocycles. The van der Waals surface area contributed by atoms with Crippen molar-refractivity contribution in [1.82, 2.24) is 24.9 Å². The molecule has 1 N–H and O–H groups in total. The summed E-state index contributed by atoms with van der Waals surface area (Å²) in [5, 5.41) is 1.10. The summed E-state index contributed by atoms with van der Waals surface area (Å²) in [5.74, 6) is -0.148. The zero-order chi connectivity index (χ0) is 18.1. The fraction of sp³-hybridized carbons (Fsp3) is 0.111.